The molecule has 0 bridgehead atoms. The largest absolute Gasteiger partial charge is 0.485 e. The van der Waals surface area contributed by atoms with Gasteiger partial charge in [0.15, 0.2) is 11.6 Å². The predicted molar refractivity (Wildman–Crippen MR) is 150 cm³/mol. The molecule has 3 aromatic carbocycles. The van der Waals surface area contributed by atoms with Crippen molar-refractivity contribution in [3.63, 3.8) is 0 Å². The number of aromatic nitrogens is 1. The van der Waals surface area contributed by atoms with Crippen LogP contribution in [-0.2, 0) is 34.3 Å². The summed E-state index contributed by atoms with van der Waals surface area (Å²) in [4.78, 5) is 4.57. The number of benzene rings is 3. The molecule has 1 aromatic heterocycles. The minimum absolute atomic E-state index is 0.0325. The van der Waals surface area contributed by atoms with E-state index in [0.29, 0.717) is 42.8 Å². The van der Waals surface area contributed by atoms with Crippen molar-refractivity contribution in [1.82, 2.24) is 9.71 Å². The second kappa shape index (κ2) is 11.7. The van der Waals surface area contributed by atoms with Crippen LogP contribution in [0.1, 0.15) is 42.0 Å². The molecule has 40 heavy (non-hydrogen) atoms. The van der Waals surface area contributed by atoms with E-state index in [1.165, 1.54) is 24.5 Å². The molecule has 1 saturated carbocycles. The third-order valence-corrected chi connectivity index (χ3v) is 8.22. The van der Waals surface area contributed by atoms with Crippen molar-refractivity contribution in [2.75, 3.05) is 6.26 Å². The molecule has 10 heteroatoms. The Kier molecular flexibility index (Phi) is 8.26. The van der Waals surface area contributed by atoms with Crippen LogP contribution in [0.2, 0.25) is 0 Å². The normalized spacial score (nSPS) is 19.1. The van der Waals surface area contributed by atoms with Crippen LogP contribution in [0.25, 0.3) is 11.1 Å². The standard InChI is InChI=1S/C30H29ClF2N2O4S/c1-40(36,37)35-22-12-13-30(16-22,29-34-23(17-31)19-39-29)15-21-10-11-26(32)25(14-21)24-8-5-9-27(33)28(24)38-18-20-6-3-2-4-7-20/h2-11,14,19,22,35H,12-13,15-18H2,1H3/t22-,30+/m0/s1. The Morgan fingerprint density at radius 1 is 1.05 bits per heavy atom. The maximum Gasteiger partial charge on any atom is 0.208 e. The zero-order valence-corrected chi connectivity index (χ0v) is 23.4. The van der Waals surface area contributed by atoms with E-state index >= 15 is 4.39 Å². The molecular formula is C30H29ClF2N2O4S. The summed E-state index contributed by atoms with van der Waals surface area (Å²) < 4.78 is 68.5. The number of halogens is 3. The number of hydrogen-bond donors (Lipinski definition) is 1. The molecule has 0 radical (unpaired) electrons. The van der Waals surface area contributed by atoms with Crippen LogP contribution in [-0.4, -0.2) is 25.7 Å². The number of rotatable bonds is 10. The van der Waals surface area contributed by atoms with Crippen LogP contribution < -0.4 is 9.46 Å². The van der Waals surface area contributed by atoms with E-state index < -0.39 is 27.1 Å². The quantitative estimate of drug-likeness (QED) is 0.214. The summed E-state index contributed by atoms with van der Waals surface area (Å²) in [6.45, 7) is 0.126. The van der Waals surface area contributed by atoms with Gasteiger partial charge in [0.2, 0.25) is 15.9 Å². The summed E-state index contributed by atoms with van der Waals surface area (Å²) in [5, 5.41) is 0. The van der Waals surface area contributed by atoms with Crippen LogP contribution in [0.3, 0.4) is 0 Å². The summed E-state index contributed by atoms with van der Waals surface area (Å²) in [7, 11) is -3.42. The molecule has 0 amide bonds. The van der Waals surface area contributed by atoms with Crippen molar-refractivity contribution < 1.29 is 26.4 Å². The van der Waals surface area contributed by atoms with Crippen molar-refractivity contribution in [2.45, 2.75) is 49.6 Å². The number of alkyl halides is 1. The minimum Gasteiger partial charge on any atom is -0.485 e. The highest BCUT2D eigenvalue weighted by molar-refractivity contribution is 7.88. The van der Waals surface area contributed by atoms with Gasteiger partial charge in [-0.05, 0) is 55.0 Å². The van der Waals surface area contributed by atoms with Gasteiger partial charge in [0.1, 0.15) is 18.7 Å². The third-order valence-electron chi connectivity index (χ3n) is 7.19. The van der Waals surface area contributed by atoms with Gasteiger partial charge in [-0.2, -0.15) is 0 Å². The molecule has 1 aliphatic carbocycles. The highest BCUT2D eigenvalue weighted by Gasteiger charge is 2.45. The van der Waals surface area contributed by atoms with E-state index in [0.717, 1.165) is 17.4 Å². The van der Waals surface area contributed by atoms with Gasteiger partial charge in [0, 0.05) is 17.2 Å². The number of nitrogens with one attached hydrogen (secondary N) is 1. The van der Waals surface area contributed by atoms with Gasteiger partial charge in [-0.25, -0.2) is 26.9 Å². The van der Waals surface area contributed by atoms with Crippen LogP contribution >= 0.6 is 11.6 Å². The fraction of sp³-hybridized carbons (Fsp3) is 0.300. The lowest BCUT2D eigenvalue weighted by Gasteiger charge is -2.26. The minimum atomic E-state index is -3.42. The first-order valence-corrected chi connectivity index (χ1v) is 15.3. The van der Waals surface area contributed by atoms with Crippen LogP contribution in [0, 0.1) is 11.6 Å². The molecule has 1 heterocycles. The first-order chi connectivity index (χ1) is 19.2. The molecule has 0 aliphatic heterocycles. The topological polar surface area (TPSA) is 81.4 Å². The number of para-hydroxylation sites is 1. The van der Waals surface area contributed by atoms with Gasteiger partial charge in [-0.15, -0.1) is 11.6 Å². The monoisotopic (exact) mass is 586 g/mol. The average Bonchev–Trinajstić information content (AvgIpc) is 3.57. The SMILES string of the molecule is CS(=O)(=O)N[C@H]1CC[C@](Cc2ccc(F)c(-c3cccc(F)c3OCc3ccccc3)c2)(c2nc(CCl)co2)C1. The molecule has 1 N–H and O–H groups in total. The van der Waals surface area contributed by atoms with Crippen molar-refractivity contribution >= 4 is 21.6 Å². The Bertz CT molecular complexity index is 1600. The highest BCUT2D eigenvalue weighted by atomic mass is 35.5. The van der Waals surface area contributed by atoms with Crippen molar-refractivity contribution in [3.05, 3.63) is 107 Å². The van der Waals surface area contributed by atoms with E-state index in [1.54, 1.807) is 18.2 Å². The summed E-state index contributed by atoms with van der Waals surface area (Å²) in [6, 6.07) is 18.2. The summed E-state index contributed by atoms with van der Waals surface area (Å²) in [5.74, 6) is -0.499. The number of oxazole rings is 1. The first-order valence-electron chi connectivity index (χ1n) is 12.9. The smallest absolute Gasteiger partial charge is 0.208 e. The fourth-order valence-electron chi connectivity index (χ4n) is 5.45. The number of hydrogen-bond acceptors (Lipinski definition) is 5. The maximum absolute atomic E-state index is 15.3. The second-order valence-corrected chi connectivity index (χ2v) is 12.3. The lowest BCUT2D eigenvalue weighted by atomic mass is 9.79. The van der Waals surface area contributed by atoms with E-state index in [2.05, 4.69) is 9.71 Å². The number of ether oxygens (including phenoxy) is 1. The third kappa shape index (κ3) is 6.37. The highest BCUT2D eigenvalue weighted by Crippen LogP contribution is 2.45. The Balaban J connectivity index is 1.48. The van der Waals surface area contributed by atoms with Crippen LogP contribution in [0.5, 0.6) is 5.75 Å². The number of sulfonamides is 1. The first kappa shape index (κ1) is 28.3. The van der Waals surface area contributed by atoms with E-state index in [9.17, 15) is 12.8 Å². The van der Waals surface area contributed by atoms with E-state index in [4.69, 9.17) is 20.8 Å². The molecule has 2 atom stereocenters. The maximum atomic E-state index is 15.3. The van der Waals surface area contributed by atoms with E-state index in [-0.39, 0.29) is 29.8 Å². The molecule has 5 rings (SSSR count). The predicted octanol–water partition coefficient (Wildman–Crippen LogP) is 6.52. The Hall–Kier alpha value is -3.27. The number of nitrogens with zero attached hydrogens (tertiary/aromatic N) is 1. The molecule has 1 fully saturated rings. The van der Waals surface area contributed by atoms with Crippen molar-refractivity contribution in [1.29, 1.82) is 0 Å². The van der Waals surface area contributed by atoms with Gasteiger partial charge in [-0.1, -0.05) is 48.5 Å². The fourth-order valence-corrected chi connectivity index (χ4v) is 6.38. The van der Waals surface area contributed by atoms with Gasteiger partial charge in [0.25, 0.3) is 0 Å². The molecule has 210 valence electrons. The van der Waals surface area contributed by atoms with E-state index in [1.807, 2.05) is 30.3 Å². The molecule has 0 saturated heterocycles. The summed E-state index contributed by atoms with van der Waals surface area (Å²) in [6.07, 6.45) is 4.66. The molecule has 1 aliphatic rings. The second-order valence-electron chi connectivity index (χ2n) is 10.3. The van der Waals surface area contributed by atoms with Crippen LogP contribution in [0.15, 0.2) is 77.4 Å². The lowest BCUT2D eigenvalue weighted by molar-refractivity contribution is 0.291. The zero-order chi connectivity index (χ0) is 28.3. The molecule has 4 aromatic rings. The Morgan fingerprint density at radius 3 is 2.58 bits per heavy atom. The van der Waals surface area contributed by atoms with Gasteiger partial charge in [-0.3, -0.25) is 0 Å². The van der Waals surface area contributed by atoms with Gasteiger partial charge in [0.05, 0.1) is 23.2 Å². The zero-order valence-electron chi connectivity index (χ0n) is 21.9. The van der Waals surface area contributed by atoms with Crippen molar-refractivity contribution in [2.24, 2.45) is 0 Å². The Labute approximate surface area is 237 Å². The summed E-state index contributed by atoms with van der Waals surface area (Å²) in [5.41, 5.74) is 2.06. The molecule has 6 nitrogen and oxygen atoms in total. The molecular weight excluding hydrogens is 558 g/mol. The lowest BCUT2D eigenvalue weighted by Crippen LogP contribution is -2.35. The molecule has 0 spiro atoms. The summed E-state index contributed by atoms with van der Waals surface area (Å²) >= 11 is 5.97. The Morgan fingerprint density at radius 2 is 1.85 bits per heavy atom. The molecule has 0 unspecified atom stereocenters. The van der Waals surface area contributed by atoms with Gasteiger partial charge >= 0.3 is 0 Å². The van der Waals surface area contributed by atoms with Gasteiger partial charge < -0.3 is 9.15 Å². The van der Waals surface area contributed by atoms with Crippen molar-refractivity contribution in [3.8, 4) is 16.9 Å². The average molecular weight is 587 g/mol. The van der Waals surface area contributed by atoms with Crippen LogP contribution in [0.4, 0.5) is 8.78 Å².